The van der Waals surface area contributed by atoms with Crippen LogP contribution in [0.4, 0.5) is 0 Å². The average Bonchev–Trinajstić information content (AvgIpc) is 2.83. The molecule has 0 spiro atoms. The van der Waals surface area contributed by atoms with Crippen LogP contribution in [0.25, 0.3) is 0 Å². The Morgan fingerprint density at radius 3 is 2.73 bits per heavy atom. The van der Waals surface area contributed by atoms with Crippen molar-refractivity contribution in [3.63, 3.8) is 0 Å². The summed E-state index contributed by atoms with van der Waals surface area (Å²) in [5, 5.41) is 0.845. The molecule has 2 atom stereocenters. The number of fused-ring (bicyclic) bond motifs is 1. The van der Waals surface area contributed by atoms with Crippen LogP contribution in [-0.4, -0.2) is 24.5 Å². The molecule has 1 saturated heterocycles. The second kappa shape index (κ2) is 3.23. The van der Waals surface area contributed by atoms with E-state index in [1.54, 1.807) is 0 Å². The van der Waals surface area contributed by atoms with Crippen LogP contribution in [0.3, 0.4) is 0 Å². The van der Waals surface area contributed by atoms with Crippen molar-refractivity contribution in [3.05, 3.63) is 34.9 Å². The van der Waals surface area contributed by atoms with Crippen LogP contribution in [0.5, 0.6) is 0 Å². The molecule has 15 heavy (non-hydrogen) atoms. The summed E-state index contributed by atoms with van der Waals surface area (Å²) >= 11 is 5.92. The van der Waals surface area contributed by atoms with Crippen LogP contribution >= 0.6 is 11.6 Å². The smallest absolute Gasteiger partial charge is 0.0406 e. The summed E-state index contributed by atoms with van der Waals surface area (Å²) in [6.45, 7) is 5.97. The van der Waals surface area contributed by atoms with Gasteiger partial charge in [0, 0.05) is 23.5 Å². The number of likely N-dealkylation sites (tertiary alicyclic amines) is 1. The Kier molecular flexibility index (Phi) is 2.08. The van der Waals surface area contributed by atoms with Gasteiger partial charge in [-0.2, -0.15) is 0 Å². The first-order valence-corrected chi connectivity index (χ1v) is 6.11. The van der Waals surface area contributed by atoms with Crippen LogP contribution in [0.15, 0.2) is 24.3 Å². The Hall–Kier alpha value is -0.530. The molecule has 1 saturated carbocycles. The SMILES string of the molecule is CCN1CC2CC2(c2ccc(Cl)cc2)C1. The first-order valence-electron chi connectivity index (χ1n) is 5.73. The molecule has 2 unspecified atom stereocenters. The van der Waals surface area contributed by atoms with Crippen LogP contribution in [0.1, 0.15) is 18.9 Å². The molecule has 1 aliphatic carbocycles. The summed E-state index contributed by atoms with van der Waals surface area (Å²) in [5.74, 6) is 0.902. The van der Waals surface area contributed by atoms with E-state index in [9.17, 15) is 0 Å². The van der Waals surface area contributed by atoms with E-state index < -0.39 is 0 Å². The molecule has 3 rings (SSSR count). The molecule has 2 fully saturated rings. The summed E-state index contributed by atoms with van der Waals surface area (Å²) in [6.07, 6.45) is 1.38. The van der Waals surface area contributed by atoms with Gasteiger partial charge in [-0.25, -0.2) is 0 Å². The largest absolute Gasteiger partial charge is 0.302 e. The lowest BCUT2D eigenvalue weighted by Gasteiger charge is -2.19. The van der Waals surface area contributed by atoms with Gasteiger partial charge in [0.2, 0.25) is 0 Å². The minimum absolute atomic E-state index is 0.487. The molecule has 2 heteroatoms. The van der Waals surface area contributed by atoms with Gasteiger partial charge in [0.15, 0.2) is 0 Å². The maximum atomic E-state index is 5.92. The lowest BCUT2D eigenvalue weighted by molar-refractivity contribution is 0.314. The van der Waals surface area contributed by atoms with E-state index in [2.05, 4.69) is 24.0 Å². The predicted molar refractivity (Wildman–Crippen MR) is 63.4 cm³/mol. The molecule has 0 N–H and O–H groups in total. The number of rotatable bonds is 2. The van der Waals surface area contributed by atoms with E-state index in [4.69, 9.17) is 11.6 Å². The van der Waals surface area contributed by atoms with Crippen molar-refractivity contribution in [2.75, 3.05) is 19.6 Å². The zero-order valence-corrected chi connectivity index (χ0v) is 9.80. The monoisotopic (exact) mass is 221 g/mol. The topological polar surface area (TPSA) is 3.24 Å². The molecular weight excluding hydrogens is 206 g/mol. The van der Waals surface area contributed by atoms with E-state index in [0.29, 0.717) is 5.41 Å². The van der Waals surface area contributed by atoms with Crippen LogP contribution in [0, 0.1) is 5.92 Å². The molecule has 1 nitrogen and oxygen atoms in total. The van der Waals surface area contributed by atoms with Gasteiger partial charge in [-0.15, -0.1) is 0 Å². The highest BCUT2D eigenvalue weighted by Crippen LogP contribution is 2.58. The molecule has 0 aromatic heterocycles. The Morgan fingerprint density at radius 2 is 2.13 bits per heavy atom. The van der Waals surface area contributed by atoms with Gasteiger partial charge >= 0.3 is 0 Å². The lowest BCUT2D eigenvalue weighted by atomic mass is 9.95. The Morgan fingerprint density at radius 1 is 1.40 bits per heavy atom. The van der Waals surface area contributed by atoms with Crippen molar-refractivity contribution in [3.8, 4) is 0 Å². The molecular formula is C13H16ClN. The second-order valence-electron chi connectivity index (χ2n) is 4.89. The number of hydrogen-bond acceptors (Lipinski definition) is 1. The van der Waals surface area contributed by atoms with Crippen molar-refractivity contribution in [2.45, 2.75) is 18.8 Å². The zero-order chi connectivity index (χ0) is 10.5. The van der Waals surface area contributed by atoms with Gasteiger partial charge in [-0.1, -0.05) is 30.7 Å². The Balaban J connectivity index is 1.87. The fraction of sp³-hybridized carbons (Fsp3) is 0.538. The van der Waals surface area contributed by atoms with Crippen molar-refractivity contribution in [1.82, 2.24) is 4.90 Å². The van der Waals surface area contributed by atoms with Gasteiger partial charge in [-0.3, -0.25) is 0 Å². The highest BCUT2D eigenvalue weighted by atomic mass is 35.5. The number of piperidine rings is 1. The first-order chi connectivity index (χ1) is 7.24. The third-order valence-corrected chi connectivity index (χ3v) is 4.33. The van der Waals surface area contributed by atoms with Crippen molar-refractivity contribution >= 4 is 11.6 Å². The maximum Gasteiger partial charge on any atom is 0.0406 e. The highest BCUT2D eigenvalue weighted by Gasteiger charge is 2.60. The summed E-state index contributed by atoms with van der Waals surface area (Å²) < 4.78 is 0. The van der Waals surface area contributed by atoms with E-state index in [1.165, 1.54) is 31.6 Å². The molecule has 0 amide bonds. The maximum absolute atomic E-state index is 5.92. The molecule has 1 heterocycles. The van der Waals surface area contributed by atoms with Crippen molar-refractivity contribution in [2.24, 2.45) is 5.92 Å². The van der Waals surface area contributed by atoms with Crippen LogP contribution < -0.4 is 0 Å². The van der Waals surface area contributed by atoms with Gasteiger partial charge in [-0.05, 0) is 36.6 Å². The number of halogens is 1. The third-order valence-electron chi connectivity index (χ3n) is 4.08. The van der Waals surface area contributed by atoms with Crippen molar-refractivity contribution < 1.29 is 0 Å². The average molecular weight is 222 g/mol. The Bertz CT molecular complexity index is 373. The normalized spacial score (nSPS) is 34.1. The summed E-state index contributed by atoms with van der Waals surface area (Å²) in [7, 11) is 0. The summed E-state index contributed by atoms with van der Waals surface area (Å²) in [5.41, 5.74) is 1.98. The van der Waals surface area contributed by atoms with Crippen molar-refractivity contribution in [1.29, 1.82) is 0 Å². The van der Waals surface area contributed by atoms with Gasteiger partial charge < -0.3 is 4.90 Å². The van der Waals surface area contributed by atoms with Crippen LogP contribution in [0.2, 0.25) is 5.02 Å². The molecule has 1 aromatic carbocycles. The number of nitrogens with zero attached hydrogens (tertiary/aromatic N) is 1. The zero-order valence-electron chi connectivity index (χ0n) is 9.04. The third kappa shape index (κ3) is 1.41. The molecule has 1 aromatic rings. The molecule has 1 aliphatic heterocycles. The second-order valence-corrected chi connectivity index (χ2v) is 5.33. The standard InChI is InChI=1S/C13H16ClN/c1-2-15-8-11-7-13(11,9-15)10-3-5-12(14)6-4-10/h3-6,11H,2,7-9H2,1H3. The van der Waals surface area contributed by atoms with Gasteiger partial charge in [0.1, 0.15) is 0 Å². The number of likely N-dealkylation sites (N-methyl/N-ethyl adjacent to an activating group) is 1. The first kappa shape index (κ1) is 9.68. The predicted octanol–water partition coefficient (Wildman–Crippen LogP) is 2.93. The number of hydrogen-bond donors (Lipinski definition) is 0. The van der Waals surface area contributed by atoms with E-state index >= 15 is 0 Å². The minimum atomic E-state index is 0.487. The number of benzene rings is 1. The van der Waals surface area contributed by atoms with Gasteiger partial charge in [0.25, 0.3) is 0 Å². The van der Waals surface area contributed by atoms with E-state index in [0.717, 1.165) is 10.9 Å². The quantitative estimate of drug-likeness (QED) is 0.743. The molecule has 80 valence electrons. The molecule has 0 bridgehead atoms. The molecule has 0 radical (unpaired) electrons. The fourth-order valence-corrected chi connectivity index (χ4v) is 3.18. The summed E-state index contributed by atoms with van der Waals surface area (Å²) in [6, 6.07) is 8.47. The van der Waals surface area contributed by atoms with E-state index in [1.807, 2.05) is 12.1 Å². The Labute approximate surface area is 96.0 Å². The molecule has 2 aliphatic rings. The van der Waals surface area contributed by atoms with Gasteiger partial charge in [0.05, 0.1) is 0 Å². The fourth-order valence-electron chi connectivity index (χ4n) is 3.06. The van der Waals surface area contributed by atoms with Crippen LogP contribution in [-0.2, 0) is 5.41 Å². The van der Waals surface area contributed by atoms with E-state index in [-0.39, 0.29) is 0 Å². The minimum Gasteiger partial charge on any atom is -0.302 e. The summed E-state index contributed by atoms with van der Waals surface area (Å²) in [4.78, 5) is 2.56. The lowest BCUT2D eigenvalue weighted by Crippen LogP contribution is -2.26. The highest BCUT2D eigenvalue weighted by molar-refractivity contribution is 6.30.